The third kappa shape index (κ3) is 3.88. The van der Waals surface area contributed by atoms with Gasteiger partial charge in [0.1, 0.15) is 0 Å². The van der Waals surface area contributed by atoms with E-state index in [1.54, 1.807) is 0 Å². The maximum atomic E-state index is 10.7. The van der Waals surface area contributed by atoms with E-state index < -0.39 is 5.97 Å². The summed E-state index contributed by atoms with van der Waals surface area (Å²) in [7, 11) is 0. The molecule has 3 nitrogen and oxygen atoms in total. The molecule has 0 radical (unpaired) electrons. The van der Waals surface area contributed by atoms with Gasteiger partial charge < -0.3 is 5.11 Å². The van der Waals surface area contributed by atoms with Crippen molar-refractivity contribution in [3.8, 4) is 0 Å². The second-order valence-corrected chi connectivity index (χ2v) is 6.34. The molecule has 2 heterocycles. The number of piperidine rings is 1. The van der Waals surface area contributed by atoms with E-state index in [0.717, 1.165) is 6.42 Å². The topological polar surface area (TPSA) is 40.5 Å². The van der Waals surface area contributed by atoms with Crippen molar-refractivity contribution >= 4 is 17.7 Å². The molecule has 0 aromatic carbocycles. The molecule has 0 spiro atoms. The number of carboxylic acid groups (broad SMARTS) is 1. The maximum Gasteiger partial charge on any atom is 0.303 e. The molecule has 2 atom stereocenters. The van der Waals surface area contributed by atoms with E-state index in [9.17, 15) is 4.79 Å². The summed E-state index contributed by atoms with van der Waals surface area (Å²) in [6.45, 7) is 1.19. The summed E-state index contributed by atoms with van der Waals surface area (Å²) < 4.78 is 0. The molecule has 2 unspecified atom stereocenters. The normalized spacial score (nSPS) is 31.3. The lowest BCUT2D eigenvalue weighted by atomic mass is 9.95. The van der Waals surface area contributed by atoms with E-state index in [2.05, 4.69) is 16.7 Å². The standard InChI is InChI=1S/C13H23NO2S/c15-13(16)7-6-11-4-1-2-8-14(11)12-5-3-9-17-10-12/h11-12H,1-10H2,(H,15,16). The van der Waals surface area contributed by atoms with Crippen molar-refractivity contribution in [2.75, 3.05) is 18.1 Å². The van der Waals surface area contributed by atoms with Gasteiger partial charge in [0.15, 0.2) is 0 Å². The highest BCUT2D eigenvalue weighted by atomic mass is 32.2. The molecule has 0 amide bonds. The van der Waals surface area contributed by atoms with Crippen LogP contribution in [0.4, 0.5) is 0 Å². The molecule has 2 fully saturated rings. The number of rotatable bonds is 4. The third-order valence-electron chi connectivity index (χ3n) is 3.97. The molecule has 98 valence electrons. The van der Waals surface area contributed by atoms with Crippen molar-refractivity contribution in [3.63, 3.8) is 0 Å². The van der Waals surface area contributed by atoms with Crippen LogP contribution in [0.1, 0.15) is 44.9 Å². The average Bonchev–Trinajstić information content (AvgIpc) is 2.38. The Morgan fingerprint density at radius 2 is 2.18 bits per heavy atom. The lowest BCUT2D eigenvalue weighted by Gasteiger charge is -2.42. The Labute approximate surface area is 108 Å². The zero-order valence-electron chi connectivity index (χ0n) is 10.4. The minimum atomic E-state index is -0.645. The van der Waals surface area contributed by atoms with Crippen molar-refractivity contribution in [3.05, 3.63) is 0 Å². The van der Waals surface area contributed by atoms with Gasteiger partial charge in [0.25, 0.3) is 0 Å². The van der Waals surface area contributed by atoms with E-state index >= 15 is 0 Å². The van der Waals surface area contributed by atoms with Crippen LogP contribution in [0.5, 0.6) is 0 Å². The minimum absolute atomic E-state index is 0.334. The SMILES string of the molecule is O=C(O)CCC1CCCCN1C1CCCSC1. The Morgan fingerprint density at radius 3 is 2.88 bits per heavy atom. The fourth-order valence-corrected chi connectivity index (χ4v) is 4.26. The fourth-order valence-electron chi connectivity index (χ4n) is 3.09. The van der Waals surface area contributed by atoms with Crippen LogP contribution in [0.25, 0.3) is 0 Å². The molecule has 2 saturated heterocycles. The van der Waals surface area contributed by atoms with E-state index in [-0.39, 0.29) is 0 Å². The predicted molar refractivity (Wildman–Crippen MR) is 71.6 cm³/mol. The van der Waals surface area contributed by atoms with Crippen molar-refractivity contribution < 1.29 is 9.90 Å². The van der Waals surface area contributed by atoms with Gasteiger partial charge in [0, 0.05) is 24.3 Å². The van der Waals surface area contributed by atoms with E-state index in [1.165, 1.54) is 50.2 Å². The van der Waals surface area contributed by atoms with Gasteiger partial charge in [0.2, 0.25) is 0 Å². The van der Waals surface area contributed by atoms with Crippen LogP contribution >= 0.6 is 11.8 Å². The number of carboxylic acids is 1. The van der Waals surface area contributed by atoms with Crippen LogP contribution in [0.2, 0.25) is 0 Å². The molecule has 17 heavy (non-hydrogen) atoms. The highest BCUT2D eigenvalue weighted by Gasteiger charge is 2.29. The largest absolute Gasteiger partial charge is 0.481 e. The summed E-state index contributed by atoms with van der Waals surface area (Å²) in [6.07, 6.45) is 7.60. The first-order valence-corrected chi connectivity index (χ1v) is 7.98. The molecule has 2 rings (SSSR count). The molecule has 1 N–H and O–H groups in total. The first-order valence-electron chi connectivity index (χ1n) is 6.82. The lowest BCUT2D eigenvalue weighted by Crippen LogP contribution is -2.48. The van der Waals surface area contributed by atoms with Crippen LogP contribution < -0.4 is 0 Å². The molecule has 0 aromatic rings. The number of thioether (sulfide) groups is 1. The Kier molecular flexibility index (Phi) is 5.16. The van der Waals surface area contributed by atoms with Gasteiger partial charge in [-0.05, 0) is 44.4 Å². The summed E-state index contributed by atoms with van der Waals surface area (Å²) in [5.74, 6) is 1.92. The van der Waals surface area contributed by atoms with Gasteiger partial charge in [-0.2, -0.15) is 11.8 Å². The van der Waals surface area contributed by atoms with Gasteiger partial charge in [-0.1, -0.05) is 6.42 Å². The number of hydrogen-bond donors (Lipinski definition) is 1. The minimum Gasteiger partial charge on any atom is -0.481 e. The van der Waals surface area contributed by atoms with Crippen molar-refractivity contribution in [2.45, 2.75) is 57.0 Å². The van der Waals surface area contributed by atoms with Crippen molar-refractivity contribution in [2.24, 2.45) is 0 Å². The Balaban J connectivity index is 1.88. The Hall–Kier alpha value is -0.220. The summed E-state index contributed by atoms with van der Waals surface area (Å²) in [4.78, 5) is 13.3. The predicted octanol–water partition coefficient (Wildman–Crippen LogP) is 2.60. The summed E-state index contributed by atoms with van der Waals surface area (Å²) >= 11 is 2.07. The average molecular weight is 257 g/mol. The smallest absolute Gasteiger partial charge is 0.303 e. The lowest BCUT2D eigenvalue weighted by molar-refractivity contribution is -0.137. The van der Waals surface area contributed by atoms with E-state index in [1.807, 2.05) is 0 Å². The summed E-state index contributed by atoms with van der Waals surface area (Å²) in [5, 5.41) is 8.82. The highest BCUT2D eigenvalue weighted by molar-refractivity contribution is 7.99. The van der Waals surface area contributed by atoms with Crippen molar-refractivity contribution in [1.82, 2.24) is 4.90 Å². The van der Waals surface area contributed by atoms with Gasteiger partial charge in [-0.3, -0.25) is 9.69 Å². The van der Waals surface area contributed by atoms with Gasteiger partial charge in [0.05, 0.1) is 0 Å². The van der Waals surface area contributed by atoms with Crippen LogP contribution in [0, 0.1) is 0 Å². The van der Waals surface area contributed by atoms with Gasteiger partial charge in [-0.15, -0.1) is 0 Å². The number of carbonyl (C=O) groups is 1. The van der Waals surface area contributed by atoms with E-state index in [4.69, 9.17) is 5.11 Å². The molecule has 0 aliphatic carbocycles. The number of aliphatic carboxylic acids is 1. The molecule has 4 heteroatoms. The number of nitrogens with zero attached hydrogens (tertiary/aromatic N) is 1. The highest BCUT2D eigenvalue weighted by Crippen LogP contribution is 2.29. The zero-order chi connectivity index (χ0) is 12.1. The second-order valence-electron chi connectivity index (χ2n) is 5.19. The first kappa shape index (κ1) is 13.2. The van der Waals surface area contributed by atoms with Crippen molar-refractivity contribution in [1.29, 1.82) is 0 Å². The molecular weight excluding hydrogens is 234 g/mol. The third-order valence-corrected chi connectivity index (χ3v) is 5.17. The fraction of sp³-hybridized carbons (Fsp3) is 0.923. The number of hydrogen-bond acceptors (Lipinski definition) is 3. The quantitative estimate of drug-likeness (QED) is 0.840. The summed E-state index contributed by atoms with van der Waals surface area (Å²) in [6, 6.07) is 1.25. The first-order chi connectivity index (χ1) is 8.27. The maximum absolute atomic E-state index is 10.7. The summed E-state index contributed by atoms with van der Waals surface area (Å²) in [5.41, 5.74) is 0. The monoisotopic (exact) mass is 257 g/mol. The molecule has 0 saturated carbocycles. The van der Waals surface area contributed by atoms with Crippen LogP contribution in [-0.4, -0.2) is 46.1 Å². The molecule has 0 bridgehead atoms. The molecule has 2 aliphatic rings. The zero-order valence-corrected chi connectivity index (χ0v) is 11.3. The van der Waals surface area contributed by atoms with Gasteiger partial charge in [-0.25, -0.2) is 0 Å². The van der Waals surface area contributed by atoms with Crippen LogP contribution in [0.15, 0.2) is 0 Å². The van der Waals surface area contributed by atoms with E-state index in [0.29, 0.717) is 18.5 Å². The Morgan fingerprint density at radius 1 is 1.29 bits per heavy atom. The number of likely N-dealkylation sites (tertiary alicyclic amines) is 1. The molecular formula is C13H23NO2S. The second kappa shape index (κ2) is 6.64. The van der Waals surface area contributed by atoms with Gasteiger partial charge >= 0.3 is 5.97 Å². The molecule has 0 aromatic heterocycles. The molecule has 2 aliphatic heterocycles. The Bertz CT molecular complexity index is 254. The van der Waals surface area contributed by atoms with Crippen LogP contribution in [-0.2, 0) is 4.79 Å². The van der Waals surface area contributed by atoms with Crippen LogP contribution in [0.3, 0.4) is 0 Å².